The average molecular weight is 634 g/mol. The molecule has 0 aliphatic heterocycles. The molecule has 0 atom stereocenters. The van der Waals surface area contributed by atoms with Crippen molar-refractivity contribution < 1.29 is 57.7 Å². The van der Waals surface area contributed by atoms with Gasteiger partial charge >= 0.3 is 228 Å². The van der Waals surface area contributed by atoms with Crippen LogP contribution < -0.4 is 52.8 Å². The number of halogens is 3. The Kier molecular flexibility index (Phi) is 12.2. The molecule has 0 amide bonds. The summed E-state index contributed by atoms with van der Waals surface area (Å²) in [7, 11) is -4.15. The zero-order chi connectivity index (χ0) is 25.7. The molecule has 200 valence electrons. The zero-order valence-electron chi connectivity index (χ0n) is 24.1. The first kappa shape index (κ1) is 35.2. The summed E-state index contributed by atoms with van der Waals surface area (Å²) in [5.41, 5.74) is 8.17. The van der Waals surface area contributed by atoms with Crippen molar-refractivity contribution in [2.75, 3.05) is 0 Å². The molecule has 3 aromatic carbocycles. The van der Waals surface area contributed by atoms with Crippen LogP contribution in [0.15, 0.2) is 74.9 Å². The largest absolute Gasteiger partial charge is 1.00 e. The first-order chi connectivity index (χ1) is 16.3. The normalized spacial score (nSPS) is 13.4. The molecule has 3 aromatic rings. The Morgan fingerprint density at radius 2 is 0.816 bits per heavy atom. The maximum Gasteiger partial charge on any atom is -1.00 e. The van der Waals surface area contributed by atoms with Gasteiger partial charge in [0.1, 0.15) is 0 Å². The molecule has 0 unspecified atom stereocenters. The molecule has 0 nitrogen and oxygen atoms in total. The molecule has 0 heterocycles. The van der Waals surface area contributed by atoms with E-state index >= 15 is 0 Å². The number of allylic oxidation sites excluding steroid dienone is 4. The maximum absolute atomic E-state index is 2.59. The summed E-state index contributed by atoms with van der Waals surface area (Å²) in [4.78, 5) is 0. The molecule has 38 heavy (non-hydrogen) atoms. The summed E-state index contributed by atoms with van der Waals surface area (Å²) in [6, 6.07) is 22.0. The molecule has 6 heteroatoms. The second-order valence-electron chi connectivity index (χ2n) is 11.8. The molecule has 0 aromatic heterocycles. The van der Waals surface area contributed by atoms with Crippen molar-refractivity contribution in [3.05, 3.63) is 108 Å². The topological polar surface area (TPSA) is 0 Å². The van der Waals surface area contributed by atoms with Crippen molar-refractivity contribution in [1.82, 2.24) is 0 Å². The standard InChI is InChI=1S/C32H39Si2.3ClH.Ti/c1-22-13-23(2)17-28(16-22)34(29-18-24(3)14-25(4)19-29,30-20-26(5)15-27(6)21-30)32-12-10-11-31(32)33(7,8)9;;;;/h11,13-21H,10H2,1-9H3;3*1H;/q;;;;+3/p-3. The van der Waals surface area contributed by atoms with Crippen molar-refractivity contribution in [3.8, 4) is 0 Å². The third-order valence-electron chi connectivity index (χ3n) is 7.23. The number of hydrogen-bond donors (Lipinski definition) is 0. The van der Waals surface area contributed by atoms with Gasteiger partial charge in [0.15, 0.2) is 0 Å². The van der Waals surface area contributed by atoms with Gasteiger partial charge in [0.2, 0.25) is 0 Å². The van der Waals surface area contributed by atoms with Crippen LogP contribution in [0.5, 0.6) is 0 Å². The maximum atomic E-state index is 2.59. The summed E-state index contributed by atoms with van der Waals surface area (Å²) in [5, 5.41) is 7.97. The summed E-state index contributed by atoms with van der Waals surface area (Å²) >= 11 is 2.41. The van der Waals surface area contributed by atoms with Crippen LogP contribution in [0.25, 0.3) is 0 Å². The molecule has 0 N–H and O–H groups in total. The van der Waals surface area contributed by atoms with Gasteiger partial charge in [-0.05, 0) is 0 Å². The Morgan fingerprint density at radius 1 is 0.526 bits per heavy atom. The Balaban J connectivity index is 0.00000241. The van der Waals surface area contributed by atoms with Gasteiger partial charge in [-0.25, -0.2) is 0 Å². The van der Waals surface area contributed by atoms with Gasteiger partial charge in [0, 0.05) is 0 Å². The van der Waals surface area contributed by atoms with E-state index in [9.17, 15) is 0 Å². The molecular weight excluding hydrogens is 595 g/mol. The third kappa shape index (κ3) is 6.72. The smallest absolute Gasteiger partial charge is 1.00 e. The van der Waals surface area contributed by atoms with E-state index in [1.54, 1.807) is 14.3 Å². The van der Waals surface area contributed by atoms with Gasteiger partial charge in [-0.1, -0.05) is 0 Å². The Morgan fingerprint density at radius 3 is 1.08 bits per heavy atom. The summed E-state index contributed by atoms with van der Waals surface area (Å²) < 4.78 is 1.58. The van der Waals surface area contributed by atoms with E-state index in [1.165, 1.54) is 48.9 Å². The minimum Gasteiger partial charge on any atom is -1.00 e. The molecular formula is C32H39Cl3Si2Ti. The molecule has 0 saturated heterocycles. The molecule has 0 saturated carbocycles. The summed E-state index contributed by atoms with van der Waals surface area (Å²) in [6.45, 7) is 21.2. The molecule has 0 radical (unpaired) electrons. The first-order valence-electron chi connectivity index (χ1n) is 12.7. The van der Waals surface area contributed by atoms with E-state index in [-0.39, 0.29) is 37.2 Å². The quantitative estimate of drug-likeness (QED) is 0.217. The van der Waals surface area contributed by atoms with E-state index in [1.807, 2.05) is 0 Å². The zero-order valence-corrected chi connectivity index (χ0v) is 29.9. The Labute approximate surface area is 263 Å². The molecule has 0 fully saturated rings. The van der Waals surface area contributed by atoms with Crippen LogP contribution in [0.4, 0.5) is 0 Å². The van der Waals surface area contributed by atoms with Crippen molar-refractivity contribution in [2.24, 2.45) is 0 Å². The number of benzene rings is 3. The number of aryl methyl sites for hydroxylation is 6. The van der Waals surface area contributed by atoms with E-state index in [0.29, 0.717) is 0 Å². The van der Waals surface area contributed by atoms with Crippen LogP contribution >= 0.6 is 0 Å². The van der Waals surface area contributed by atoms with Crippen LogP contribution in [-0.4, -0.2) is 16.1 Å². The van der Waals surface area contributed by atoms with Gasteiger partial charge in [-0.3, -0.25) is 0 Å². The minimum atomic E-state index is -2.57. The molecule has 0 spiro atoms. The van der Waals surface area contributed by atoms with Crippen molar-refractivity contribution >= 4 is 31.7 Å². The van der Waals surface area contributed by atoms with Crippen molar-refractivity contribution in [1.29, 1.82) is 0 Å². The second kappa shape index (κ2) is 13.2. The fraction of sp³-hybridized carbons (Fsp3) is 0.312. The molecule has 1 aliphatic carbocycles. The Hall–Kier alpha value is -0.842. The van der Waals surface area contributed by atoms with E-state index in [2.05, 4.69) is 142 Å². The van der Waals surface area contributed by atoms with Crippen molar-refractivity contribution in [3.63, 3.8) is 0 Å². The van der Waals surface area contributed by atoms with Crippen LogP contribution in [-0.2, 0) is 20.4 Å². The number of rotatable bonds is 5. The molecule has 4 rings (SSSR count). The van der Waals surface area contributed by atoms with Gasteiger partial charge in [0.05, 0.1) is 0 Å². The summed E-state index contributed by atoms with van der Waals surface area (Å²) in [6.07, 6.45) is 3.68. The third-order valence-corrected chi connectivity index (χ3v) is 15.4. The monoisotopic (exact) mass is 632 g/mol. The van der Waals surface area contributed by atoms with Gasteiger partial charge in [-0.15, -0.1) is 0 Å². The fourth-order valence-corrected chi connectivity index (χ4v) is 16.5. The van der Waals surface area contributed by atoms with E-state index in [0.717, 1.165) is 6.42 Å². The Bertz CT molecular complexity index is 1200. The minimum absolute atomic E-state index is 0. The van der Waals surface area contributed by atoms with Gasteiger partial charge < -0.3 is 37.2 Å². The fourth-order valence-electron chi connectivity index (χ4n) is 6.19. The van der Waals surface area contributed by atoms with E-state index < -0.39 is 16.1 Å². The molecule has 1 aliphatic rings. The number of hydrogen-bond acceptors (Lipinski definition) is 0. The van der Waals surface area contributed by atoms with Crippen LogP contribution in [0, 0.1) is 41.5 Å². The van der Waals surface area contributed by atoms with Gasteiger partial charge in [0.25, 0.3) is 0 Å². The SMILES string of the molecule is Cc1cc(C)cc([Si](C2=[C]([Ti+3])CC=C2[Si](C)(C)C)(c2cc(C)cc(C)c2)c2cc(C)cc(C)c2)c1.[Cl-].[Cl-].[Cl-]. The predicted molar refractivity (Wildman–Crippen MR) is 155 cm³/mol. The van der Waals surface area contributed by atoms with E-state index in [4.69, 9.17) is 0 Å². The second-order valence-corrected chi connectivity index (χ2v) is 21.5. The van der Waals surface area contributed by atoms with Gasteiger partial charge in [-0.2, -0.15) is 0 Å². The van der Waals surface area contributed by atoms with Crippen molar-refractivity contribution in [2.45, 2.75) is 67.6 Å². The molecule has 0 bridgehead atoms. The van der Waals surface area contributed by atoms with Crippen LogP contribution in [0.3, 0.4) is 0 Å². The predicted octanol–water partition coefficient (Wildman–Crippen LogP) is -2.43. The van der Waals surface area contributed by atoms with Crippen LogP contribution in [0.1, 0.15) is 39.8 Å². The van der Waals surface area contributed by atoms with Crippen LogP contribution in [0.2, 0.25) is 19.6 Å². The summed E-state index contributed by atoms with van der Waals surface area (Å²) in [5.74, 6) is 0. The first-order valence-corrected chi connectivity index (χ1v) is 19.0. The average Bonchev–Trinajstić information content (AvgIpc) is 3.09.